The zero-order valence-electron chi connectivity index (χ0n) is 17.6. The van der Waals surface area contributed by atoms with Crippen LogP contribution in [0, 0.1) is 5.92 Å². The smallest absolute Gasteiger partial charge is 0.253 e. The summed E-state index contributed by atoms with van der Waals surface area (Å²) in [6.07, 6.45) is 3.36. The SMILES string of the molecule is CC(=O)NCc1ccc(C(=O)N(C)CC(O)C(C)C)cc1/C=C\c1ccccc1. The minimum absolute atomic E-state index is 0.0784. The Balaban J connectivity index is 2.29. The number of carbonyl (C=O) groups is 2. The topological polar surface area (TPSA) is 69.6 Å². The Bertz CT molecular complexity index is 860. The highest BCUT2D eigenvalue weighted by atomic mass is 16.3. The van der Waals surface area contributed by atoms with Crippen LogP contribution in [0.2, 0.25) is 0 Å². The predicted molar refractivity (Wildman–Crippen MR) is 117 cm³/mol. The fraction of sp³-hybridized carbons (Fsp3) is 0.333. The molecule has 0 saturated heterocycles. The molecule has 0 radical (unpaired) electrons. The number of rotatable bonds is 8. The molecule has 0 aromatic heterocycles. The van der Waals surface area contributed by atoms with Crippen LogP contribution < -0.4 is 5.32 Å². The van der Waals surface area contributed by atoms with E-state index in [-0.39, 0.29) is 24.3 Å². The molecule has 5 nitrogen and oxygen atoms in total. The first-order valence-electron chi connectivity index (χ1n) is 9.82. The van der Waals surface area contributed by atoms with Crippen LogP contribution in [-0.4, -0.2) is 41.5 Å². The third-order valence-electron chi connectivity index (χ3n) is 4.75. The van der Waals surface area contributed by atoms with E-state index in [0.29, 0.717) is 12.1 Å². The second-order valence-corrected chi connectivity index (χ2v) is 7.56. The lowest BCUT2D eigenvalue weighted by molar-refractivity contribution is -0.119. The molecule has 2 amide bonds. The van der Waals surface area contributed by atoms with E-state index in [0.717, 1.165) is 16.7 Å². The van der Waals surface area contributed by atoms with Crippen LogP contribution in [-0.2, 0) is 11.3 Å². The lowest BCUT2D eigenvalue weighted by Gasteiger charge is -2.23. The second-order valence-electron chi connectivity index (χ2n) is 7.56. The van der Waals surface area contributed by atoms with Gasteiger partial charge in [0, 0.05) is 32.6 Å². The van der Waals surface area contributed by atoms with Crippen LogP contribution in [0.15, 0.2) is 48.5 Å². The summed E-state index contributed by atoms with van der Waals surface area (Å²) < 4.78 is 0. The second kappa shape index (κ2) is 10.6. The largest absolute Gasteiger partial charge is 0.391 e. The van der Waals surface area contributed by atoms with Crippen molar-refractivity contribution in [1.82, 2.24) is 10.2 Å². The molecule has 0 aliphatic carbocycles. The number of carbonyl (C=O) groups excluding carboxylic acids is 2. The van der Waals surface area contributed by atoms with Crippen molar-refractivity contribution < 1.29 is 14.7 Å². The summed E-state index contributed by atoms with van der Waals surface area (Å²) in [7, 11) is 1.69. The molecule has 1 unspecified atom stereocenters. The average Bonchev–Trinajstić information content (AvgIpc) is 2.70. The van der Waals surface area contributed by atoms with Gasteiger partial charge in [-0.25, -0.2) is 0 Å². The molecule has 0 fully saturated rings. The number of hydrogen-bond donors (Lipinski definition) is 2. The van der Waals surface area contributed by atoms with Crippen LogP contribution in [0.1, 0.15) is 47.8 Å². The molecule has 2 N–H and O–H groups in total. The van der Waals surface area contributed by atoms with E-state index in [1.807, 2.05) is 68.5 Å². The highest BCUT2D eigenvalue weighted by Crippen LogP contribution is 2.18. The Labute approximate surface area is 173 Å². The summed E-state index contributed by atoms with van der Waals surface area (Å²) in [6, 6.07) is 15.3. The van der Waals surface area contributed by atoms with Gasteiger partial charge in [-0.05, 0) is 34.7 Å². The van der Waals surface area contributed by atoms with Crippen LogP contribution in [0.3, 0.4) is 0 Å². The third-order valence-corrected chi connectivity index (χ3v) is 4.75. The van der Waals surface area contributed by atoms with E-state index < -0.39 is 6.10 Å². The van der Waals surface area contributed by atoms with E-state index >= 15 is 0 Å². The first-order valence-corrected chi connectivity index (χ1v) is 9.82. The van der Waals surface area contributed by atoms with Crippen LogP contribution in [0.5, 0.6) is 0 Å². The van der Waals surface area contributed by atoms with Crippen molar-refractivity contribution in [3.8, 4) is 0 Å². The highest BCUT2D eigenvalue weighted by Gasteiger charge is 2.18. The lowest BCUT2D eigenvalue weighted by Crippen LogP contribution is -2.36. The number of nitrogens with one attached hydrogen (secondary N) is 1. The molecule has 0 spiro atoms. The maximum absolute atomic E-state index is 12.8. The highest BCUT2D eigenvalue weighted by molar-refractivity contribution is 5.95. The summed E-state index contributed by atoms with van der Waals surface area (Å²) in [5.74, 6) is -0.176. The van der Waals surface area contributed by atoms with E-state index in [1.165, 1.54) is 11.8 Å². The zero-order chi connectivity index (χ0) is 21.4. The Morgan fingerprint density at radius 2 is 1.79 bits per heavy atom. The molecule has 29 heavy (non-hydrogen) atoms. The molecular weight excluding hydrogens is 364 g/mol. The first-order chi connectivity index (χ1) is 13.8. The number of hydrogen-bond acceptors (Lipinski definition) is 3. The Kier molecular flexibility index (Phi) is 8.16. The number of aliphatic hydroxyl groups is 1. The van der Waals surface area contributed by atoms with Gasteiger partial charge in [0.1, 0.15) is 0 Å². The van der Waals surface area contributed by atoms with Crippen LogP contribution >= 0.6 is 0 Å². The van der Waals surface area contributed by atoms with Crippen molar-refractivity contribution in [1.29, 1.82) is 0 Å². The van der Waals surface area contributed by atoms with Gasteiger partial charge in [0.25, 0.3) is 5.91 Å². The zero-order valence-corrected chi connectivity index (χ0v) is 17.6. The molecular formula is C24H30N2O3. The maximum atomic E-state index is 12.8. The van der Waals surface area contributed by atoms with Crippen molar-refractivity contribution in [2.75, 3.05) is 13.6 Å². The molecule has 2 aromatic rings. The lowest BCUT2D eigenvalue weighted by atomic mass is 10.0. The summed E-state index contributed by atoms with van der Waals surface area (Å²) in [5, 5.41) is 12.9. The van der Waals surface area contributed by atoms with E-state index in [9.17, 15) is 14.7 Å². The van der Waals surface area contributed by atoms with Gasteiger partial charge in [-0.2, -0.15) is 0 Å². The maximum Gasteiger partial charge on any atom is 0.253 e. The average molecular weight is 395 g/mol. The summed E-state index contributed by atoms with van der Waals surface area (Å²) in [6.45, 7) is 5.99. The van der Waals surface area contributed by atoms with Crippen LogP contribution in [0.4, 0.5) is 0 Å². The molecule has 2 rings (SSSR count). The van der Waals surface area contributed by atoms with Gasteiger partial charge < -0.3 is 15.3 Å². The quantitative estimate of drug-likeness (QED) is 0.673. The van der Waals surface area contributed by atoms with Crippen LogP contribution in [0.25, 0.3) is 12.2 Å². The number of amides is 2. The summed E-state index contributed by atoms with van der Waals surface area (Å²) in [5.41, 5.74) is 3.38. The van der Waals surface area contributed by atoms with E-state index in [4.69, 9.17) is 0 Å². The number of nitrogens with zero attached hydrogens (tertiary/aromatic N) is 1. The van der Waals surface area contributed by atoms with Crippen molar-refractivity contribution in [3.63, 3.8) is 0 Å². The van der Waals surface area contributed by atoms with Gasteiger partial charge in [-0.3, -0.25) is 9.59 Å². The summed E-state index contributed by atoms with van der Waals surface area (Å²) in [4.78, 5) is 25.7. The van der Waals surface area contributed by atoms with Crippen molar-refractivity contribution >= 4 is 24.0 Å². The molecule has 0 heterocycles. The van der Waals surface area contributed by atoms with E-state index in [1.54, 1.807) is 13.1 Å². The molecule has 154 valence electrons. The number of aliphatic hydroxyl groups excluding tert-OH is 1. The minimum atomic E-state index is -0.569. The van der Waals surface area contributed by atoms with Gasteiger partial charge in [0.05, 0.1) is 6.10 Å². The van der Waals surface area contributed by atoms with E-state index in [2.05, 4.69) is 5.32 Å². The fourth-order valence-electron chi connectivity index (χ4n) is 2.81. The molecule has 0 saturated carbocycles. The number of likely N-dealkylation sites (N-methyl/N-ethyl adjacent to an activating group) is 1. The van der Waals surface area contributed by atoms with Gasteiger partial charge in [0.2, 0.25) is 5.91 Å². The van der Waals surface area contributed by atoms with Gasteiger partial charge in [0.15, 0.2) is 0 Å². The summed E-state index contributed by atoms with van der Waals surface area (Å²) >= 11 is 0. The monoisotopic (exact) mass is 394 g/mol. The molecule has 0 aliphatic heterocycles. The van der Waals surface area contributed by atoms with Crippen molar-refractivity contribution in [2.24, 2.45) is 5.92 Å². The Morgan fingerprint density at radius 3 is 2.41 bits per heavy atom. The third kappa shape index (κ3) is 6.88. The molecule has 2 aromatic carbocycles. The molecule has 0 bridgehead atoms. The predicted octanol–water partition coefficient (Wildman–Crippen LogP) is 3.58. The van der Waals surface area contributed by atoms with Crippen molar-refractivity contribution in [2.45, 2.75) is 33.4 Å². The molecule has 5 heteroatoms. The fourth-order valence-corrected chi connectivity index (χ4v) is 2.81. The molecule has 0 aliphatic rings. The van der Waals surface area contributed by atoms with Crippen molar-refractivity contribution in [3.05, 3.63) is 70.8 Å². The molecule has 1 atom stereocenters. The minimum Gasteiger partial charge on any atom is -0.391 e. The number of benzene rings is 2. The first kappa shape index (κ1) is 22.4. The standard InChI is InChI=1S/C24H30N2O3/c1-17(2)23(28)16-26(4)24(29)21-12-13-22(15-25-18(3)27)20(14-21)11-10-19-8-6-5-7-9-19/h5-14,17,23,28H,15-16H2,1-4H3,(H,25,27)/b11-10-. The Morgan fingerprint density at radius 1 is 1.10 bits per heavy atom. The van der Waals surface area contributed by atoms with Gasteiger partial charge in [-0.15, -0.1) is 0 Å². The van der Waals surface area contributed by atoms with Gasteiger partial charge in [-0.1, -0.05) is 62.4 Å². The Hall–Kier alpha value is -2.92. The van der Waals surface area contributed by atoms with Gasteiger partial charge >= 0.3 is 0 Å². The normalized spacial score (nSPS) is 12.2.